The smallest absolute Gasteiger partial charge is 0.119 e. The molecule has 0 atom stereocenters. The van der Waals surface area contributed by atoms with Crippen molar-refractivity contribution in [1.29, 1.82) is 5.26 Å². The fourth-order valence-corrected chi connectivity index (χ4v) is 2.08. The average molecular weight is 220 g/mol. The van der Waals surface area contributed by atoms with Crippen molar-refractivity contribution in [2.75, 3.05) is 7.11 Å². The summed E-state index contributed by atoms with van der Waals surface area (Å²) in [5.74, 6) is 0.832. The molecule has 0 unspecified atom stereocenters. The Morgan fingerprint density at radius 2 is 2.20 bits per heavy atom. The van der Waals surface area contributed by atoms with E-state index in [1.165, 1.54) is 0 Å². The number of fused-ring (bicyclic) bond motifs is 1. The summed E-state index contributed by atoms with van der Waals surface area (Å²) in [6, 6.07) is 7.89. The molecule has 0 amide bonds. The molecule has 76 valence electrons. The summed E-state index contributed by atoms with van der Waals surface area (Å²) < 4.78 is 5.14. The molecule has 15 heavy (non-hydrogen) atoms. The maximum absolute atomic E-state index is 8.87. The standard InChI is InChI=1S/C12H10ClNO/c1-15-10-4-5-11-8(6-10)2-3-9(7-14)12(11)13/h4-6H,2-3H2,1H3. The van der Waals surface area contributed by atoms with Gasteiger partial charge in [-0.2, -0.15) is 5.26 Å². The normalized spacial score (nSPS) is 14.5. The zero-order chi connectivity index (χ0) is 10.8. The van der Waals surface area contributed by atoms with Crippen molar-refractivity contribution in [1.82, 2.24) is 0 Å². The molecule has 1 aliphatic rings. The number of hydrogen-bond donors (Lipinski definition) is 0. The van der Waals surface area contributed by atoms with Crippen molar-refractivity contribution in [2.45, 2.75) is 12.8 Å². The van der Waals surface area contributed by atoms with Gasteiger partial charge in [-0.1, -0.05) is 11.6 Å². The molecule has 2 rings (SSSR count). The molecule has 0 N–H and O–H groups in total. The van der Waals surface area contributed by atoms with E-state index in [0.717, 1.165) is 29.7 Å². The lowest BCUT2D eigenvalue weighted by molar-refractivity contribution is 0.414. The van der Waals surface area contributed by atoms with Gasteiger partial charge in [0.1, 0.15) is 5.75 Å². The number of nitrogens with zero attached hydrogens (tertiary/aromatic N) is 1. The number of aryl methyl sites for hydroxylation is 1. The number of allylic oxidation sites excluding steroid dienone is 1. The summed E-state index contributed by atoms with van der Waals surface area (Å²) in [6.45, 7) is 0. The second-order valence-electron chi connectivity index (χ2n) is 3.43. The number of nitriles is 1. The zero-order valence-corrected chi connectivity index (χ0v) is 9.14. The lowest BCUT2D eigenvalue weighted by atomic mass is 9.92. The first-order valence-corrected chi connectivity index (χ1v) is 5.10. The van der Waals surface area contributed by atoms with Crippen LogP contribution < -0.4 is 4.74 Å². The maximum atomic E-state index is 8.87. The van der Waals surface area contributed by atoms with Gasteiger partial charge in [-0.15, -0.1) is 0 Å². The molecule has 0 saturated carbocycles. The van der Waals surface area contributed by atoms with E-state index in [0.29, 0.717) is 10.6 Å². The van der Waals surface area contributed by atoms with Crippen LogP contribution in [0.5, 0.6) is 5.75 Å². The highest BCUT2D eigenvalue weighted by molar-refractivity contribution is 6.49. The largest absolute Gasteiger partial charge is 0.497 e. The Hall–Kier alpha value is -1.46. The summed E-state index contributed by atoms with van der Waals surface area (Å²) in [7, 11) is 1.64. The Kier molecular flexibility index (Phi) is 2.66. The molecular formula is C12H10ClNO. The van der Waals surface area contributed by atoms with E-state index in [2.05, 4.69) is 6.07 Å². The fourth-order valence-electron chi connectivity index (χ4n) is 1.75. The molecular weight excluding hydrogens is 210 g/mol. The van der Waals surface area contributed by atoms with Gasteiger partial charge >= 0.3 is 0 Å². The molecule has 1 aromatic carbocycles. The van der Waals surface area contributed by atoms with Crippen LogP contribution in [0.15, 0.2) is 23.8 Å². The molecule has 1 aliphatic carbocycles. The number of rotatable bonds is 1. The van der Waals surface area contributed by atoms with E-state index in [-0.39, 0.29) is 0 Å². The Balaban J connectivity index is 2.53. The topological polar surface area (TPSA) is 33.0 Å². The molecule has 0 radical (unpaired) electrons. The molecule has 0 aliphatic heterocycles. The van der Waals surface area contributed by atoms with Gasteiger partial charge in [-0.3, -0.25) is 0 Å². The lowest BCUT2D eigenvalue weighted by Crippen LogP contribution is -2.01. The van der Waals surface area contributed by atoms with Gasteiger partial charge in [-0.25, -0.2) is 0 Å². The minimum atomic E-state index is 0.585. The first-order chi connectivity index (χ1) is 7.26. The van der Waals surface area contributed by atoms with Crippen LogP contribution in [0, 0.1) is 11.3 Å². The Morgan fingerprint density at radius 3 is 2.87 bits per heavy atom. The minimum Gasteiger partial charge on any atom is -0.497 e. The van der Waals surface area contributed by atoms with Crippen LogP contribution in [-0.4, -0.2) is 7.11 Å². The number of hydrogen-bond acceptors (Lipinski definition) is 2. The van der Waals surface area contributed by atoms with Crippen LogP contribution in [0.3, 0.4) is 0 Å². The maximum Gasteiger partial charge on any atom is 0.119 e. The third-order valence-corrected chi connectivity index (χ3v) is 3.02. The van der Waals surface area contributed by atoms with Gasteiger partial charge in [0, 0.05) is 5.57 Å². The van der Waals surface area contributed by atoms with Crippen molar-refractivity contribution >= 4 is 16.6 Å². The first kappa shape index (κ1) is 10.1. The number of halogens is 1. The third kappa shape index (κ3) is 1.71. The number of benzene rings is 1. The van der Waals surface area contributed by atoms with Gasteiger partial charge in [0.2, 0.25) is 0 Å². The van der Waals surface area contributed by atoms with Crippen molar-refractivity contribution in [2.24, 2.45) is 0 Å². The van der Waals surface area contributed by atoms with E-state index in [4.69, 9.17) is 21.6 Å². The monoisotopic (exact) mass is 219 g/mol. The van der Waals surface area contributed by atoms with E-state index < -0.39 is 0 Å². The predicted molar refractivity (Wildman–Crippen MR) is 59.7 cm³/mol. The molecule has 0 saturated heterocycles. The van der Waals surface area contributed by atoms with Crippen LogP contribution in [-0.2, 0) is 6.42 Å². The van der Waals surface area contributed by atoms with Crippen LogP contribution >= 0.6 is 11.6 Å². The van der Waals surface area contributed by atoms with Crippen molar-refractivity contribution in [3.8, 4) is 11.8 Å². The van der Waals surface area contributed by atoms with Crippen molar-refractivity contribution in [3.63, 3.8) is 0 Å². The van der Waals surface area contributed by atoms with Gasteiger partial charge < -0.3 is 4.74 Å². The lowest BCUT2D eigenvalue weighted by Gasteiger charge is -2.16. The average Bonchev–Trinajstić information content (AvgIpc) is 2.29. The van der Waals surface area contributed by atoms with Crippen LogP contribution in [0.2, 0.25) is 0 Å². The molecule has 0 heterocycles. The van der Waals surface area contributed by atoms with Crippen molar-refractivity contribution in [3.05, 3.63) is 34.9 Å². The van der Waals surface area contributed by atoms with Gasteiger partial charge in [0.05, 0.1) is 18.2 Å². The summed E-state index contributed by atoms with van der Waals surface area (Å²) >= 11 is 6.13. The second kappa shape index (κ2) is 3.96. The molecule has 2 nitrogen and oxygen atoms in total. The zero-order valence-electron chi connectivity index (χ0n) is 8.38. The summed E-state index contributed by atoms with van der Waals surface area (Å²) in [6.07, 6.45) is 1.57. The summed E-state index contributed by atoms with van der Waals surface area (Å²) in [4.78, 5) is 0. The van der Waals surface area contributed by atoms with Crippen molar-refractivity contribution < 1.29 is 4.74 Å². The minimum absolute atomic E-state index is 0.585. The highest BCUT2D eigenvalue weighted by Gasteiger charge is 2.17. The fraction of sp³-hybridized carbons (Fsp3) is 0.250. The summed E-state index contributed by atoms with van der Waals surface area (Å²) in [5.41, 5.74) is 2.79. The Bertz CT molecular complexity index is 471. The third-order valence-electron chi connectivity index (χ3n) is 2.59. The first-order valence-electron chi connectivity index (χ1n) is 4.72. The number of ether oxygens (including phenoxy) is 1. The molecule has 0 spiro atoms. The van der Waals surface area contributed by atoms with Crippen LogP contribution in [0.25, 0.3) is 5.03 Å². The number of methoxy groups -OCH3 is 1. The quantitative estimate of drug-likeness (QED) is 0.727. The van der Waals surface area contributed by atoms with E-state index in [1.807, 2.05) is 18.2 Å². The van der Waals surface area contributed by atoms with Crippen LogP contribution in [0.4, 0.5) is 0 Å². The van der Waals surface area contributed by atoms with Crippen LogP contribution in [0.1, 0.15) is 17.5 Å². The van der Waals surface area contributed by atoms with Gasteiger partial charge in [0.15, 0.2) is 0 Å². The molecule has 3 heteroatoms. The second-order valence-corrected chi connectivity index (χ2v) is 3.81. The Labute approximate surface area is 93.7 Å². The highest BCUT2D eigenvalue weighted by atomic mass is 35.5. The molecule has 0 fully saturated rings. The van der Waals surface area contributed by atoms with Gasteiger partial charge in [0.25, 0.3) is 0 Å². The summed E-state index contributed by atoms with van der Waals surface area (Å²) in [5, 5.41) is 9.46. The van der Waals surface area contributed by atoms with Gasteiger partial charge in [-0.05, 0) is 42.2 Å². The molecule has 0 bridgehead atoms. The SMILES string of the molecule is COc1ccc2c(c1)CCC(C#N)=C2Cl. The Morgan fingerprint density at radius 1 is 1.40 bits per heavy atom. The molecule has 1 aromatic rings. The van der Waals surface area contributed by atoms with E-state index >= 15 is 0 Å². The van der Waals surface area contributed by atoms with E-state index in [1.54, 1.807) is 7.11 Å². The highest BCUT2D eigenvalue weighted by Crippen LogP contribution is 2.35. The predicted octanol–water partition coefficient (Wildman–Crippen LogP) is 3.11. The molecule has 0 aromatic heterocycles. The van der Waals surface area contributed by atoms with E-state index in [9.17, 15) is 0 Å².